The van der Waals surface area contributed by atoms with Crippen molar-refractivity contribution in [1.29, 1.82) is 0 Å². The first-order chi connectivity index (χ1) is 11.3. The smallest absolute Gasteiger partial charge is 0.303 e. The number of nitrogens with one attached hydrogen (secondary N) is 2. The Morgan fingerprint density at radius 1 is 1.17 bits per heavy atom. The summed E-state index contributed by atoms with van der Waals surface area (Å²) in [6.45, 7) is 4.04. The molecule has 0 saturated carbocycles. The van der Waals surface area contributed by atoms with Gasteiger partial charge in [-0.15, -0.1) is 0 Å². The molecular weight excluding hydrogens is 332 g/mol. The molecule has 0 saturated heterocycles. The van der Waals surface area contributed by atoms with Gasteiger partial charge in [0.2, 0.25) is 10.0 Å². The summed E-state index contributed by atoms with van der Waals surface area (Å²) in [7, 11) is -3.58. The molecule has 0 aromatic heterocycles. The van der Waals surface area contributed by atoms with Gasteiger partial charge in [0.05, 0.1) is 4.90 Å². The number of hydrogen-bond acceptors (Lipinski definition) is 4. The van der Waals surface area contributed by atoms with Crippen LogP contribution in [0.2, 0.25) is 0 Å². The SMILES string of the molecule is CCC(C)NS(=O)(=O)c1ccc(C(=O)NCCCCC(=O)O)cc1. The summed E-state index contributed by atoms with van der Waals surface area (Å²) in [4.78, 5) is 22.4. The summed E-state index contributed by atoms with van der Waals surface area (Å²) in [6.07, 6.45) is 1.82. The van der Waals surface area contributed by atoms with Crippen molar-refractivity contribution < 1.29 is 23.1 Å². The summed E-state index contributed by atoms with van der Waals surface area (Å²) in [5.74, 6) is -1.17. The van der Waals surface area contributed by atoms with Crippen LogP contribution in [-0.4, -0.2) is 38.0 Å². The molecule has 0 aliphatic rings. The molecule has 0 aliphatic heterocycles. The topological polar surface area (TPSA) is 113 Å². The molecule has 1 aromatic rings. The van der Waals surface area contributed by atoms with Crippen LogP contribution in [0.3, 0.4) is 0 Å². The van der Waals surface area contributed by atoms with Crippen LogP contribution in [0.4, 0.5) is 0 Å². The van der Waals surface area contributed by atoms with Crippen molar-refractivity contribution in [2.24, 2.45) is 0 Å². The monoisotopic (exact) mass is 356 g/mol. The van der Waals surface area contributed by atoms with Gasteiger partial charge in [-0.25, -0.2) is 13.1 Å². The number of carbonyl (C=O) groups excluding carboxylic acids is 1. The Kier molecular flexibility index (Phi) is 7.87. The number of carbonyl (C=O) groups is 2. The molecule has 3 N–H and O–H groups in total. The van der Waals surface area contributed by atoms with Crippen LogP contribution in [0.15, 0.2) is 29.2 Å². The number of sulfonamides is 1. The van der Waals surface area contributed by atoms with E-state index < -0.39 is 16.0 Å². The maximum atomic E-state index is 12.1. The second kappa shape index (κ2) is 9.39. The highest BCUT2D eigenvalue weighted by molar-refractivity contribution is 7.89. The van der Waals surface area contributed by atoms with Crippen molar-refractivity contribution in [1.82, 2.24) is 10.0 Å². The van der Waals surface area contributed by atoms with Gasteiger partial charge in [0, 0.05) is 24.6 Å². The lowest BCUT2D eigenvalue weighted by Crippen LogP contribution is -2.32. The lowest BCUT2D eigenvalue weighted by atomic mass is 10.2. The van der Waals surface area contributed by atoms with Gasteiger partial charge in [-0.3, -0.25) is 9.59 Å². The minimum Gasteiger partial charge on any atom is -0.481 e. The molecule has 0 radical (unpaired) electrons. The molecule has 1 aromatic carbocycles. The number of rotatable bonds is 10. The lowest BCUT2D eigenvalue weighted by molar-refractivity contribution is -0.137. The maximum Gasteiger partial charge on any atom is 0.303 e. The highest BCUT2D eigenvalue weighted by atomic mass is 32.2. The number of hydrogen-bond donors (Lipinski definition) is 3. The van der Waals surface area contributed by atoms with Gasteiger partial charge < -0.3 is 10.4 Å². The average Bonchev–Trinajstić information content (AvgIpc) is 2.53. The van der Waals surface area contributed by atoms with Gasteiger partial charge in [0.15, 0.2) is 0 Å². The first-order valence-corrected chi connectivity index (χ1v) is 9.37. The molecular formula is C16H24N2O5S. The Bertz CT molecular complexity index is 656. The molecule has 0 spiro atoms. The van der Waals surface area contributed by atoms with Crippen LogP contribution in [0.5, 0.6) is 0 Å². The first-order valence-electron chi connectivity index (χ1n) is 7.88. The number of aliphatic carboxylic acids is 1. The Morgan fingerprint density at radius 3 is 2.33 bits per heavy atom. The van der Waals surface area contributed by atoms with Crippen LogP contribution in [0, 0.1) is 0 Å². The number of amides is 1. The molecule has 0 heterocycles. The number of carboxylic acid groups (broad SMARTS) is 1. The molecule has 1 rings (SSSR count). The van der Waals surface area contributed by atoms with Crippen LogP contribution in [0.1, 0.15) is 49.9 Å². The van der Waals surface area contributed by atoms with E-state index in [0.29, 0.717) is 31.4 Å². The standard InChI is InChI=1S/C16H24N2O5S/c1-3-12(2)18-24(22,23)14-9-7-13(8-10-14)16(21)17-11-5-4-6-15(19)20/h7-10,12,18H,3-6,11H2,1-2H3,(H,17,21)(H,19,20). The van der Waals surface area contributed by atoms with Crippen molar-refractivity contribution >= 4 is 21.9 Å². The number of unbranched alkanes of at least 4 members (excludes halogenated alkanes) is 1. The van der Waals surface area contributed by atoms with Gasteiger partial charge in [0.1, 0.15) is 0 Å². The molecule has 0 aliphatic carbocycles. The molecule has 1 unspecified atom stereocenters. The summed E-state index contributed by atoms with van der Waals surface area (Å²) >= 11 is 0. The fourth-order valence-corrected chi connectivity index (χ4v) is 3.23. The third-order valence-corrected chi connectivity index (χ3v) is 5.10. The summed E-state index contributed by atoms with van der Waals surface area (Å²) in [5, 5.41) is 11.2. The second-order valence-electron chi connectivity index (χ2n) is 5.56. The largest absolute Gasteiger partial charge is 0.481 e. The van der Waals surface area contributed by atoms with Crippen molar-refractivity contribution in [3.8, 4) is 0 Å². The normalized spacial score (nSPS) is 12.6. The van der Waals surface area contributed by atoms with Gasteiger partial charge in [-0.1, -0.05) is 6.92 Å². The first kappa shape index (κ1) is 20.1. The predicted molar refractivity (Wildman–Crippen MR) is 90.3 cm³/mol. The average molecular weight is 356 g/mol. The van der Waals surface area contributed by atoms with Crippen molar-refractivity contribution in [2.45, 2.75) is 50.5 Å². The quantitative estimate of drug-likeness (QED) is 0.553. The fourth-order valence-electron chi connectivity index (χ4n) is 1.91. The Balaban J connectivity index is 2.57. The molecule has 24 heavy (non-hydrogen) atoms. The van der Waals surface area contributed by atoms with E-state index in [9.17, 15) is 18.0 Å². The number of benzene rings is 1. The predicted octanol–water partition coefficient (Wildman–Crippen LogP) is 1.75. The molecule has 0 bridgehead atoms. The Morgan fingerprint density at radius 2 is 1.79 bits per heavy atom. The second-order valence-corrected chi connectivity index (χ2v) is 7.28. The van der Waals surface area contributed by atoms with Crippen LogP contribution in [-0.2, 0) is 14.8 Å². The molecule has 8 heteroatoms. The van der Waals surface area contributed by atoms with E-state index in [1.165, 1.54) is 24.3 Å². The van der Waals surface area contributed by atoms with E-state index in [-0.39, 0.29) is 23.3 Å². The molecule has 7 nitrogen and oxygen atoms in total. The van der Waals surface area contributed by atoms with E-state index >= 15 is 0 Å². The van der Waals surface area contributed by atoms with Crippen LogP contribution < -0.4 is 10.0 Å². The molecule has 1 amide bonds. The zero-order valence-electron chi connectivity index (χ0n) is 13.9. The van der Waals surface area contributed by atoms with Gasteiger partial charge in [0.25, 0.3) is 5.91 Å². The van der Waals surface area contributed by atoms with E-state index in [2.05, 4.69) is 10.0 Å². The van der Waals surface area contributed by atoms with E-state index in [0.717, 1.165) is 0 Å². The van der Waals surface area contributed by atoms with Crippen LogP contribution >= 0.6 is 0 Å². The summed E-state index contributed by atoms with van der Waals surface area (Å²) in [5.41, 5.74) is 0.357. The fraction of sp³-hybridized carbons (Fsp3) is 0.500. The summed E-state index contributed by atoms with van der Waals surface area (Å²) in [6, 6.07) is 5.53. The Labute approximate surface area is 142 Å². The lowest BCUT2D eigenvalue weighted by Gasteiger charge is -2.12. The van der Waals surface area contributed by atoms with E-state index in [1.54, 1.807) is 6.92 Å². The van der Waals surface area contributed by atoms with E-state index in [1.807, 2.05) is 6.92 Å². The minimum atomic E-state index is -3.58. The molecule has 134 valence electrons. The number of carboxylic acids is 1. The van der Waals surface area contributed by atoms with Crippen LogP contribution in [0.25, 0.3) is 0 Å². The molecule has 0 fully saturated rings. The third kappa shape index (κ3) is 6.67. The van der Waals surface area contributed by atoms with Crippen molar-refractivity contribution in [2.75, 3.05) is 6.54 Å². The third-order valence-electron chi connectivity index (χ3n) is 3.50. The van der Waals surface area contributed by atoms with Crippen molar-refractivity contribution in [3.05, 3.63) is 29.8 Å². The van der Waals surface area contributed by atoms with Crippen molar-refractivity contribution in [3.63, 3.8) is 0 Å². The van der Waals surface area contributed by atoms with E-state index in [4.69, 9.17) is 5.11 Å². The minimum absolute atomic E-state index is 0.0750. The van der Waals surface area contributed by atoms with Gasteiger partial charge >= 0.3 is 5.97 Å². The Hall–Kier alpha value is -1.93. The van der Waals surface area contributed by atoms with Gasteiger partial charge in [-0.05, 0) is 50.5 Å². The maximum absolute atomic E-state index is 12.1. The van der Waals surface area contributed by atoms with Gasteiger partial charge in [-0.2, -0.15) is 0 Å². The zero-order chi connectivity index (χ0) is 18.2. The highest BCUT2D eigenvalue weighted by Gasteiger charge is 2.17. The highest BCUT2D eigenvalue weighted by Crippen LogP contribution is 2.12. The summed E-state index contributed by atoms with van der Waals surface area (Å²) < 4.78 is 26.8. The zero-order valence-corrected chi connectivity index (χ0v) is 14.7. The molecule has 1 atom stereocenters.